The Kier molecular flexibility index (Phi) is 2.77. The molecule has 0 saturated heterocycles. The minimum absolute atomic E-state index is 0.183. The fourth-order valence-electron chi connectivity index (χ4n) is 2.11. The van der Waals surface area contributed by atoms with Crippen molar-refractivity contribution in [3.63, 3.8) is 0 Å². The number of hydrogen-bond acceptors (Lipinski definition) is 5. The van der Waals surface area contributed by atoms with Gasteiger partial charge in [-0.3, -0.25) is 0 Å². The molecule has 0 aliphatic carbocycles. The molecular formula is C15H11N5. The Balaban J connectivity index is 2.35. The number of nitrogens with zero attached hydrogens (tertiary/aromatic N) is 4. The van der Waals surface area contributed by atoms with Crippen LogP contribution in [0.25, 0.3) is 22.2 Å². The highest BCUT2D eigenvalue weighted by Crippen LogP contribution is 2.27. The van der Waals surface area contributed by atoms with Gasteiger partial charge in [0.25, 0.3) is 0 Å². The summed E-state index contributed by atoms with van der Waals surface area (Å²) in [7, 11) is 0. The first kappa shape index (κ1) is 12.1. The highest BCUT2D eigenvalue weighted by atomic mass is 15.0. The molecule has 3 aromatic rings. The van der Waals surface area contributed by atoms with Gasteiger partial charge >= 0.3 is 0 Å². The molecule has 0 aliphatic heterocycles. The molecule has 0 bridgehead atoms. The molecule has 0 radical (unpaired) electrons. The molecule has 20 heavy (non-hydrogen) atoms. The van der Waals surface area contributed by atoms with Crippen LogP contribution in [-0.4, -0.2) is 15.0 Å². The van der Waals surface area contributed by atoms with Gasteiger partial charge in [-0.1, -0.05) is 18.2 Å². The van der Waals surface area contributed by atoms with E-state index in [0.717, 1.165) is 16.5 Å². The van der Waals surface area contributed by atoms with Gasteiger partial charge in [-0.05, 0) is 24.6 Å². The van der Waals surface area contributed by atoms with E-state index in [1.165, 1.54) is 0 Å². The molecule has 0 aliphatic rings. The normalized spacial score (nSPS) is 10.4. The van der Waals surface area contributed by atoms with E-state index in [0.29, 0.717) is 17.0 Å². The fraction of sp³-hybridized carbons (Fsp3) is 0.0667. The van der Waals surface area contributed by atoms with Crippen molar-refractivity contribution in [2.24, 2.45) is 0 Å². The fourth-order valence-corrected chi connectivity index (χ4v) is 2.11. The van der Waals surface area contributed by atoms with Gasteiger partial charge < -0.3 is 5.73 Å². The topological polar surface area (TPSA) is 88.5 Å². The molecule has 1 aromatic carbocycles. The Labute approximate surface area is 115 Å². The first-order valence-electron chi connectivity index (χ1n) is 6.08. The SMILES string of the molecule is Cc1cnc(N)nc1-c1cc2ccccc2nc1C#N. The van der Waals surface area contributed by atoms with Gasteiger partial charge in [0.2, 0.25) is 5.95 Å². The van der Waals surface area contributed by atoms with Gasteiger partial charge in [0.15, 0.2) is 5.69 Å². The summed E-state index contributed by atoms with van der Waals surface area (Å²) >= 11 is 0. The molecule has 2 aromatic heterocycles. The van der Waals surface area contributed by atoms with Gasteiger partial charge in [0, 0.05) is 17.1 Å². The number of hydrogen-bond donors (Lipinski definition) is 1. The van der Waals surface area contributed by atoms with Crippen molar-refractivity contribution in [1.29, 1.82) is 5.26 Å². The van der Waals surface area contributed by atoms with Crippen LogP contribution in [-0.2, 0) is 0 Å². The molecule has 0 spiro atoms. The van der Waals surface area contributed by atoms with E-state index in [2.05, 4.69) is 21.0 Å². The summed E-state index contributed by atoms with van der Waals surface area (Å²) in [5.74, 6) is 0.183. The van der Waals surface area contributed by atoms with Gasteiger partial charge in [0.05, 0.1) is 11.2 Å². The van der Waals surface area contributed by atoms with Gasteiger partial charge in [0.1, 0.15) is 6.07 Å². The number of nitriles is 1. The van der Waals surface area contributed by atoms with E-state index in [9.17, 15) is 5.26 Å². The standard InChI is InChI=1S/C15H11N5/c1-9-8-18-15(17)20-14(9)11-6-10-4-2-3-5-12(10)19-13(11)7-16/h2-6,8H,1H3,(H2,17,18,20). The Bertz CT molecular complexity index is 848. The van der Waals surface area contributed by atoms with Crippen LogP contribution in [0.4, 0.5) is 5.95 Å². The average molecular weight is 261 g/mol. The van der Waals surface area contributed by atoms with Crippen LogP contribution < -0.4 is 5.73 Å². The lowest BCUT2D eigenvalue weighted by molar-refractivity contribution is 1.14. The Morgan fingerprint density at radius 1 is 1.20 bits per heavy atom. The number of nitrogen functional groups attached to an aromatic ring is 1. The van der Waals surface area contributed by atoms with Crippen LogP contribution in [0.1, 0.15) is 11.3 Å². The summed E-state index contributed by atoms with van der Waals surface area (Å²) in [6.07, 6.45) is 1.65. The predicted molar refractivity (Wildman–Crippen MR) is 76.6 cm³/mol. The van der Waals surface area contributed by atoms with Gasteiger partial charge in [-0.2, -0.15) is 5.26 Å². The van der Waals surface area contributed by atoms with E-state index in [4.69, 9.17) is 5.73 Å². The smallest absolute Gasteiger partial charge is 0.220 e. The van der Waals surface area contributed by atoms with Crippen LogP contribution in [0.3, 0.4) is 0 Å². The van der Waals surface area contributed by atoms with Crippen LogP contribution in [0.2, 0.25) is 0 Å². The summed E-state index contributed by atoms with van der Waals surface area (Å²) in [6, 6.07) is 11.7. The quantitative estimate of drug-likeness (QED) is 0.726. The summed E-state index contributed by atoms with van der Waals surface area (Å²) in [5, 5.41) is 10.3. The van der Waals surface area contributed by atoms with Crippen molar-refractivity contribution in [1.82, 2.24) is 15.0 Å². The van der Waals surface area contributed by atoms with E-state index >= 15 is 0 Å². The van der Waals surface area contributed by atoms with Gasteiger partial charge in [-0.25, -0.2) is 15.0 Å². The highest BCUT2D eigenvalue weighted by molar-refractivity contribution is 5.85. The van der Waals surface area contributed by atoms with Gasteiger partial charge in [-0.15, -0.1) is 0 Å². The number of rotatable bonds is 1. The van der Waals surface area contributed by atoms with E-state index in [1.54, 1.807) is 6.20 Å². The summed E-state index contributed by atoms with van der Waals surface area (Å²) < 4.78 is 0. The van der Waals surface area contributed by atoms with Crippen LogP contribution >= 0.6 is 0 Å². The third kappa shape index (κ3) is 1.93. The molecule has 3 rings (SSSR count). The number of anilines is 1. The van der Waals surface area contributed by atoms with Crippen molar-refractivity contribution in [2.75, 3.05) is 5.73 Å². The van der Waals surface area contributed by atoms with Crippen molar-refractivity contribution >= 4 is 16.9 Å². The minimum atomic E-state index is 0.183. The Hall–Kier alpha value is -3.00. The minimum Gasteiger partial charge on any atom is -0.368 e. The molecule has 2 N–H and O–H groups in total. The lowest BCUT2D eigenvalue weighted by Crippen LogP contribution is -2.00. The van der Waals surface area contributed by atoms with Crippen molar-refractivity contribution in [2.45, 2.75) is 6.92 Å². The van der Waals surface area contributed by atoms with Crippen molar-refractivity contribution in [3.8, 4) is 17.3 Å². The maximum absolute atomic E-state index is 9.31. The third-order valence-corrected chi connectivity index (χ3v) is 3.08. The number of aromatic nitrogens is 3. The zero-order valence-corrected chi connectivity index (χ0v) is 10.8. The lowest BCUT2D eigenvalue weighted by Gasteiger charge is -2.08. The first-order chi connectivity index (χ1) is 9.69. The number of nitrogens with two attached hydrogens (primary N) is 1. The molecule has 5 heteroatoms. The third-order valence-electron chi connectivity index (χ3n) is 3.08. The summed E-state index contributed by atoms with van der Waals surface area (Å²) in [4.78, 5) is 12.6. The molecule has 0 amide bonds. The molecule has 0 fully saturated rings. The molecule has 5 nitrogen and oxygen atoms in total. The summed E-state index contributed by atoms with van der Waals surface area (Å²) in [5.41, 5.74) is 8.94. The second-order valence-corrected chi connectivity index (χ2v) is 4.45. The second kappa shape index (κ2) is 4.59. The number of pyridine rings is 1. The number of para-hydroxylation sites is 1. The van der Waals surface area contributed by atoms with Crippen LogP contribution in [0, 0.1) is 18.3 Å². The largest absolute Gasteiger partial charge is 0.368 e. The Morgan fingerprint density at radius 3 is 2.80 bits per heavy atom. The maximum atomic E-state index is 9.31. The summed E-state index contributed by atoms with van der Waals surface area (Å²) in [6.45, 7) is 1.88. The average Bonchev–Trinajstić information content (AvgIpc) is 2.48. The molecule has 2 heterocycles. The highest BCUT2D eigenvalue weighted by Gasteiger charge is 2.13. The van der Waals surface area contributed by atoms with Crippen molar-refractivity contribution < 1.29 is 0 Å². The zero-order valence-electron chi connectivity index (χ0n) is 10.8. The lowest BCUT2D eigenvalue weighted by atomic mass is 10.0. The molecule has 0 saturated carbocycles. The molecule has 0 unspecified atom stereocenters. The van der Waals surface area contributed by atoms with Crippen molar-refractivity contribution in [3.05, 3.63) is 47.8 Å². The van der Waals surface area contributed by atoms with E-state index < -0.39 is 0 Å². The number of aryl methyl sites for hydroxylation is 1. The molecule has 0 atom stereocenters. The predicted octanol–water partition coefficient (Wildman–Crippen LogP) is 2.45. The monoisotopic (exact) mass is 261 g/mol. The number of fused-ring (bicyclic) bond motifs is 1. The second-order valence-electron chi connectivity index (χ2n) is 4.45. The van der Waals surface area contributed by atoms with E-state index in [1.807, 2.05) is 37.3 Å². The Morgan fingerprint density at radius 2 is 2.00 bits per heavy atom. The first-order valence-corrected chi connectivity index (χ1v) is 6.08. The maximum Gasteiger partial charge on any atom is 0.220 e. The zero-order chi connectivity index (χ0) is 14.1. The number of benzene rings is 1. The molecule has 96 valence electrons. The van der Waals surface area contributed by atoms with Crippen LogP contribution in [0.5, 0.6) is 0 Å². The van der Waals surface area contributed by atoms with E-state index in [-0.39, 0.29) is 5.95 Å². The van der Waals surface area contributed by atoms with Crippen LogP contribution in [0.15, 0.2) is 36.5 Å². The molecular weight excluding hydrogens is 250 g/mol.